The highest BCUT2D eigenvalue weighted by atomic mass is 16.3. The first kappa shape index (κ1) is 16.2. The van der Waals surface area contributed by atoms with Crippen LogP contribution in [0.15, 0.2) is 12.1 Å². The minimum atomic E-state index is -0.618. The van der Waals surface area contributed by atoms with Gasteiger partial charge in [-0.05, 0) is 25.0 Å². The summed E-state index contributed by atoms with van der Waals surface area (Å²) in [6, 6.07) is 3.81. The van der Waals surface area contributed by atoms with Gasteiger partial charge in [-0.2, -0.15) is 4.52 Å². The van der Waals surface area contributed by atoms with Crippen molar-refractivity contribution in [3.8, 4) is 0 Å². The maximum atomic E-state index is 10.7. The molecule has 2 aromatic heterocycles. The number of rotatable bonds is 3. The third-order valence-corrected chi connectivity index (χ3v) is 4.57. The van der Waals surface area contributed by atoms with Crippen molar-refractivity contribution in [3.05, 3.63) is 18.0 Å². The monoisotopic (exact) mass is 317 g/mol. The number of aromatic nitrogens is 4. The van der Waals surface area contributed by atoms with Crippen LogP contribution in [0.5, 0.6) is 0 Å². The molecule has 3 rings (SSSR count). The van der Waals surface area contributed by atoms with Crippen molar-refractivity contribution in [1.29, 1.82) is 0 Å². The van der Waals surface area contributed by atoms with Crippen LogP contribution in [0.3, 0.4) is 0 Å². The number of anilines is 1. The number of nitrogens with one attached hydrogen (secondary N) is 1. The van der Waals surface area contributed by atoms with Gasteiger partial charge in [-0.25, -0.2) is 0 Å². The molecule has 2 aromatic rings. The van der Waals surface area contributed by atoms with Gasteiger partial charge >= 0.3 is 0 Å². The Bertz CT molecular complexity index is 665. The zero-order valence-corrected chi connectivity index (χ0v) is 14.3. The Morgan fingerprint density at radius 2 is 1.83 bits per heavy atom. The molecular weight excluding hydrogens is 290 g/mol. The largest absolute Gasteiger partial charge is 0.388 e. The van der Waals surface area contributed by atoms with E-state index in [1.165, 1.54) is 12.8 Å². The molecule has 23 heavy (non-hydrogen) atoms. The fraction of sp³-hybridized carbons (Fsp3) is 0.706. The van der Waals surface area contributed by atoms with Crippen LogP contribution in [-0.4, -0.2) is 37.1 Å². The van der Waals surface area contributed by atoms with Crippen molar-refractivity contribution in [1.82, 2.24) is 19.8 Å². The normalized spacial score (nSPS) is 18.8. The molecule has 2 N–H and O–H groups in total. The average Bonchev–Trinajstić information content (AvgIpc) is 2.80. The van der Waals surface area contributed by atoms with Gasteiger partial charge in [-0.3, -0.25) is 0 Å². The number of hydrogen-bond donors (Lipinski definition) is 2. The molecule has 0 unspecified atom stereocenters. The summed E-state index contributed by atoms with van der Waals surface area (Å²) in [6.45, 7) is 6.83. The zero-order valence-electron chi connectivity index (χ0n) is 14.3. The fourth-order valence-electron chi connectivity index (χ4n) is 3.17. The van der Waals surface area contributed by atoms with Crippen LogP contribution >= 0.6 is 0 Å². The number of nitrogens with zero attached hydrogens (tertiary/aromatic N) is 4. The van der Waals surface area contributed by atoms with Gasteiger partial charge < -0.3 is 10.4 Å². The summed E-state index contributed by atoms with van der Waals surface area (Å²) in [5.74, 6) is 1.59. The summed E-state index contributed by atoms with van der Waals surface area (Å²) in [5.41, 5.74) is 0.00574. The maximum absolute atomic E-state index is 10.7. The van der Waals surface area contributed by atoms with Crippen molar-refractivity contribution < 1.29 is 5.11 Å². The Morgan fingerprint density at radius 1 is 1.13 bits per heavy atom. The van der Waals surface area contributed by atoms with E-state index in [1.807, 2.05) is 12.1 Å². The third kappa shape index (κ3) is 3.63. The van der Waals surface area contributed by atoms with Gasteiger partial charge in [0.1, 0.15) is 5.82 Å². The highest BCUT2D eigenvalue weighted by Gasteiger charge is 2.28. The topological polar surface area (TPSA) is 75.3 Å². The van der Waals surface area contributed by atoms with Crippen LogP contribution in [0.4, 0.5) is 5.82 Å². The smallest absolute Gasteiger partial charge is 0.178 e. The highest BCUT2D eigenvalue weighted by Crippen LogP contribution is 2.27. The van der Waals surface area contributed by atoms with Crippen LogP contribution < -0.4 is 5.32 Å². The molecule has 0 saturated heterocycles. The first-order valence-electron chi connectivity index (χ1n) is 8.57. The lowest BCUT2D eigenvalue weighted by Crippen LogP contribution is -2.36. The lowest BCUT2D eigenvalue weighted by molar-refractivity contribution is 0.0380. The van der Waals surface area contributed by atoms with Crippen LogP contribution in [0.25, 0.3) is 5.65 Å². The van der Waals surface area contributed by atoms with Crippen molar-refractivity contribution in [3.63, 3.8) is 0 Å². The Kier molecular flexibility index (Phi) is 4.27. The van der Waals surface area contributed by atoms with Gasteiger partial charge in [0, 0.05) is 12.0 Å². The summed E-state index contributed by atoms with van der Waals surface area (Å²) in [5, 5.41) is 27.1. The molecule has 0 spiro atoms. The van der Waals surface area contributed by atoms with E-state index in [2.05, 4.69) is 41.4 Å². The van der Waals surface area contributed by atoms with Crippen LogP contribution in [0, 0.1) is 0 Å². The van der Waals surface area contributed by atoms with E-state index in [0.717, 1.165) is 43.0 Å². The van der Waals surface area contributed by atoms with E-state index in [0.29, 0.717) is 6.54 Å². The fourth-order valence-corrected chi connectivity index (χ4v) is 3.17. The first-order chi connectivity index (χ1) is 10.9. The van der Waals surface area contributed by atoms with Crippen LogP contribution in [0.1, 0.15) is 65.1 Å². The molecule has 2 heterocycles. The van der Waals surface area contributed by atoms with E-state index in [1.54, 1.807) is 4.52 Å². The minimum Gasteiger partial charge on any atom is -0.388 e. The van der Waals surface area contributed by atoms with Gasteiger partial charge in [0.2, 0.25) is 0 Å². The Hall–Kier alpha value is -1.69. The molecule has 6 nitrogen and oxygen atoms in total. The first-order valence-corrected chi connectivity index (χ1v) is 8.57. The number of hydrogen-bond acceptors (Lipinski definition) is 5. The molecule has 1 aliphatic carbocycles. The Labute approximate surface area is 137 Å². The van der Waals surface area contributed by atoms with Gasteiger partial charge in [0.15, 0.2) is 11.5 Å². The predicted octanol–water partition coefficient (Wildman–Crippen LogP) is 2.92. The second-order valence-electron chi connectivity index (χ2n) is 7.75. The van der Waals surface area contributed by atoms with Crippen molar-refractivity contribution in [2.75, 3.05) is 11.9 Å². The second-order valence-corrected chi connectivity index (χ2v) is 7.75. The molecule has 1 fully saturated rings. The molecule has 0 aliphatic heterocycles. The van der Waals surface area contributed by atoms with Gasteiger partial charge in [0.25, 0.3) is 0 Å². The van der Waals surface area contributed by atoms with Gasteiger partial charge in [-0.1, -0.05) is 46.5 Å². The molecule has 0 bridgehead atoms. The summed E-state index contributed by atoms with van der Waals surface area (Å²) in [4.78, 5) is 0. The summed E-state index contributed by atoms with van der Waals surface area (Å²) < 4.78 is 1.79. The molecular formula is C17H27N5O. The van der Waals surface area contributed by atoms with E-state index < -0.39 is 5.60 Å². The predicted molar refractivity (Wildman–Crippen MR) is 90.6 cm³/mol. The highest BCUT2D eigenvalue weighted by molar-refractivity contribution is 5.44. The van der Waals surface area contributed by atoms with Gasteiger partial charge in [-0.15, -0.1) is 15.3 Å². The van der Waals surface area contributed by atoms with Crippen molar-refractivity contribution in [2.45, 2.75) is 70.3 Å². The molecule has 1 saturated carbocycles. The van der Waals surface area contributed by atoms with E-state index in [-0.39, 0.29) is 5.41 Å². The van der Waals surface area contributed by atoms with Crippen molar-refractivity contribution in [2.24, 2.45) is 0 Å². The Balaban J connectivity index is 1.78. The summed E-state index contributed by atoms with van der Waals surface area (Å²) in [7, 11) is 0. The van der Waals surface area contributed by atoms with Crippen LogP contribution in [0.2, 0.25) is 0 Å². The third-order valence-electron chi connectivity index (χ3n) is 4.57. The van der Waals surface area contributed by atoms with E-state index >= 15 is 0 Å². The lowest BCUT2D eigenvalue weighted by Gasteiger charge is -2.27. The molecule has 6 heteroatoms. The lowest BCUT2D eigenvalue weighted by atomic mass is 9.94. The van der Waals surface area contributed by atoms with Crippen LogP contribution in [-0.2, 0) is 5.41 Å². The second kappa shape index (κ2) is 6.07. The average molecular weight is 317 g/mol. The van der Waals surface area contributed by atoms with Crippen molar-refractivity contribution >= 4 is 11.5 Å². The number of aliphatic hydroxyl groups is 1. The molecule has 0 amide bonds. The zero-order chi connectivity index (χ0) is 16.5. The van der Waals surface area contributed by atoms with E-state index in [9.17, 15) is 5.11 Å². The standard InChI is InChI=1S/C17H27N5O/c1-16(2,3)15-20-19-14-9-8-13(21-22(14)15)18-12-17(23)10-6-4-5-7-11-17/h8-9,23H,4-7,10-12H2,1-3H3,(H,18,21). The van der Waals surface area contributed by atoms with Gasteiger partial charge in [0.05, 0.1) is 5.60 Å². The molecule has 1 aliphatic rings. The molecule has 126 valence electrons. The molecule has 0 atom stereocenters. The molecule has 0 aromatic carbocycles. The summed E-state index contributed by atoms with van der Waals surface area (Å²) >= 11 is 0. The SMILES string of the molecule is CC(C)(C)c1nnc2ccc(NCC3(O)CCCCCC3)nn12. The Morgan fingerprint density at radius 3 is 2.48 bits per heavy atom. The minimum absolute atomic E-state index is 0.121. The quantitative estimate of drug-likeness (QED) is 0.851. The van der Waals surface area contributed by atoms with E-state index in [4.69, 9.17) is 0 Å². The number of fused-ring (bicyclic) bond motifs is 1. The maximum Gasteiger partial charge on any atom is 0.178 e. The summed E-state index contributed by atoms with van der Waals surface area (Å²) in [6.07, 6.45) is 6.38. The molecule has 0 radical (unpaired) electrons.